The Balaban J connectivity index is 2.22. The van der Waals surface area contributed by atoms with E-state index in [0.29, 0.717) is 0 Å². The molecule has 0 aliphatic heterocycles. The number of thiazole rings is 1. The molecule has 0 aliphatic rings. The smallest absolute Gasteiger partial charge is 0.0797 e. The molecule has 0 atom stereocenters. The molecule has 2 aromatic rings. The van der Waals surface area contributed by atoms with Crippen molar-refractivity contribution < 1.29 is 0 Å². The zero-order valence-corrected chi connectivity index (χ0v) is 8.84. The Morgan fingerprint density at radius 1 is 1.29 bits per heavy atom. The van der Waals surface area contributed by atoms with Crippen LogP contribution in [0.2, 0.25) is 0 Å². The molecule has 0 saturated heterocycles. The Morgan fingerprint density at radius 2 is 2.07 bits per heavy atom. The molecule has 1 aromatic carbocycles. The lowest BCUT2D eigenvalue weighted by Gasteiger charge is -2.01. The fourth-order valence-corrected chi connectivity index (χ4v) is 1.98. The molecule has 0 unspecified atom stereocenters. The largest absolute Gasteiger partial charge is 0.316 e. The van der Waals surface area contributed by atoms with E-state index in [1.54, 1.807) is 11.3 Å². The summed E-state index contributed by atoms with van der Waals surface area (Å²) in [7, 11) is 1.96. The van der Waals surface area contributed by atoms with Crippen LogP contribution in [-0.2, 0) is 6.54 Å². The van der Waals surface area contributed by atoms with Crippen molar-refractivity contribution in [2.75, 3.05) is 7.05 Å². The van der Waals surface area contributed by atoms with Gasteiger partial charge in [0.05, 0.1) is 10.4 Å². The Labute approximate surface area is 87.6 Å². The highest BCUT2D eigenvalue weighted by Crippen LogP contribution is 2.23. The Morgan fingerprint density at radius 3 is 2.64 bits per heavy atom. The summed E-state index contributed by atoms with van der Waals surface area (Å²) in [6.07, 6.45) is 1.90. The maximum atomic E-state index is 4.06. The summed E-state index contributed by atoms with van der Waals surface area (Å²) in [4.78, 5) is 5.29. The summed E-state index contributed by atoms with van der Waals surface area (Å²) in [5.41, 5.74) is 4.41. The quantitative estimate of drug-likeness (QED) is 0.831. The number of rotatable bonds is 3. The molecule has 0 amide bonds. The van der Waals surface area contributed by atoms with Gasteiger partial charge in [0.1, 0.15) is 0 Å². The van der Waals surface area contributed by atoms with Crippen molar-refractivity contribution in [3.8, 4) is 10.4 Å². The Bertz CT molecular complexity index is 378. The first-order chi connectivity index (χ1) is 6.90. The second-order valence-electron chi connectivity index (χ2n) is 3.09. The first-order valence-corrected chi connectivity index (χ1v) is 5.40. The molecule has 1 N–H and O–H groups in total. The summed E-state index contributed by atoms with van der Waals surface area (Å²) in [6.45, 7) is 0.920. The average molecular weight is 204 g/mol. The lowest BCUT2D eigenvalue weighted by molar-refractivity contribution is 0.818. The van der Waals surface area contributed by atoms with Crippen molar-refractivity contribution in [1.29, 1.82) is 0 Å². The molecule has 1 heterocycles. The van der Waals surface area contributed by atoms with Crippen LogP contribution in [0.4, 0.5) is 0 Å². The van der Waals surface area contributed by atoms with Crippen molar-refractivity contribution in [3.63, 3.8) is 0 Å². The van der Waals surface area contributed by atoms with E-state index in [1.807, 2.05) is 18.8 Å². The zero-order valence-electron chi connectivity index (χ0n) is 8.03. The summed E-state index contributed by atoms with van der Waals surface area (Å²) in [6, 6.07) is 8.57. The third-order valence-electron chi connectivity index (χ3n) is 2.05. The molecule has 14 heavy (non-hydrogen) atoms. The van der Waals surface area contributed by atoms with Gasteiger partial charge < -0.3 is 5.32 Å². The molecule has 0 fully saturated rings. The van der Waals surface area contributed by atoms with E-state index in [2.05, 4.69) is 34.6 Å². The van der Waals surface area contributed by atoms with Gasteiger partial charge in [-0.05, 0) is 18.2 Å². The SMILES string of the molecule is CNCc1ccc(-c2cncs2)cc1. The third kappa shape index (κ3) is 2.00. The van der Waals surface area contributed by atoms with Crippen molar-refractivity contribution in [1.82, 2.24) is 10.3 Å². The van der Waals surface area contributed by atoms with Crippen molar-refractivity contribution >= 4 is 11.3 Å². The van der Waals surface area contributed by atoms with Crippen LogP contribution in [0, 0.1) is 0 Å². The highest BCUT2D eigenvalue weighted by Gasteiger charge is 1.98. The monoisotopic (exact) mass is 204 g/mol. The molecule has 0 spiro atoms. The Hall–Kier alpha value is -1.19. The molecule has 2 rings (SSSR count). The second kappa shape index (κ2) is 4.35. The van der Waals surface area contributed by atoms with Gasteiger partial charge >= 0.3 is 0 Å². The summed E-state index contributed by atoms with van der Waals surface area (Å²) < 4.78 is 0. The number of hydrogen-bond donors (Lipinski definition) is 1. The minimum Gasteiger partial charge on any atom is -0.316 e. The average Bonchev–Trinajstić information content (AvgIpc) is 2.72. The first-order valence-electron chi connectivity index (χ1n) is 4.52. The minimum absolute atomic E-state index is 0.920. The molecule has 0 bridgehead atoms. The molecular formula is C11H12N2S. The normalized spacial score (nSPS) is 10.4. The number of hydrogen-bond acceptors (Lipinski definition) is 3. The fraction of sp³-hybridized carbons (Fsp3) is 0.182. The molecular weight excluding hydrogens is 192 g/mol. The van der Waals surface area contributed by atoms with Crippen LogP contribution in [-0.4, -0.2) is 12.0 Å². The van der Waals surface area contributed by atoms with Gasteiger partial charge in [0.25, 0.3) is 0 Å². The van der Waals surface area contributed by atoms with Crippen molar-refractivity contribution in [3.05, 3.63) is 41.5 Å². The molecule has 72 valence electrons. The zero-order chi connectivity index (χ0) is 9.80. The number of benzene rings is 1. The van der Waals surface area contributed by atoms with Crippen LogP contribution >= 0.6 is 11.3 Å². The molecule has 0 radical (unpaired) electrons. The van der Waals surface area contributed by atoms with Gasteiger partial charge in [-0.25, -0.2) is 0 Å². The van der Waals surface area contributed by atoms with Gasteiger partial charge in [0.15, 0.2) is 0 Å². The lowest BCUT2D eigenvalue weighted by atomic mass is 10.1. The van der Waals surface area contributed by atoms with Crippen LogP contribution < -0.4 is 5.32 Å². The third-order valence-corrected chi connectivity index (χ3v) is 2.87. The van der Waals surface area contributed by atoms with Crippen molar-refractivity contribution in [2.45, 2.75) is 6.54 Å². The van der Waals surface area contributed by atoms with Gasteiger partial charge in [-0.15, -0.1) is 11.3 Å². The van der Waals surface area contributed by atoms with Gasteiger partial charge in [0.2, 0.25) is 0 Å². The molecule has 2 nitrogen and oxygen atoms in total. The summed E-state index contributed by atoms with van der Waals surface area (Å²) >= 11 is 1.67. The van der Waals surface area contributed by atoms with E-state index in [4.69, 9.17) is 0 Å². The van der Waals surface area contributed by atoms with Gasteiger partial charge in [-0.1, -0.05) is 24.3 Å². The standard InChI is InChI=1S/C11H12N2S/c1-12-6-9-2-4-10(5-3-9)11-7-13-8-14-11/h2-5,7-8,12H,6H2,1H3. The van der Waals surface area contributed by atoms with Crippen LogP contribution in [0.3, 0.4) is 0 Å². The highest BCUT2D eigenvalue weighted by atomic mass is 32.1. The van der Waals surface area contributed by atoms with Crippen LogP contribution in [0.15, 0.2) is 36.0 Å². The predicted octanol–water partition coefficient (Wildman–Crippen LogP) is 2.53. The molecule has 0 aliphatic carbocycles. The van der Waals surface area contributed by atoms with E-state index in [1.165, 1.54) is 16.0 Å². The Kier molecular flexibility index (Phi) is 2.91. The fourth-order valence-electron chi connectivity index (χ4n) is 1.35. The second-order valence-corrected chi connectivity index (χ2v) is 3.98. The van der Waals surface area contributed by atoms with Gasteiger partial charge in [-0.3, -0.25) is 4.98 Å². The molecule has 0 saturated carbocycles. The molecule has 1 aromatic heterocycles. The number of nitrogens with one attached hydrogen (secondary N) is 1. The van der Waals surface area contributed by atoms with Crippen LogP contribution in [0.1, 0.15) is 5.56 Å². The van der Waals surface area contributed by atoms with E-state index < -0.39 is 0 Å². The first kappa shape index (κ1) is 9.37. The van der Waals surface area contributed by atoms with Gasteiger partial charge in [0, 0.05) is 12.7 Å². The maximum absolute atomic E-state index is 4.06. The topological polar surface area (TPSA) is 24.9 Å². The van der Waals surface area contributed by atoms with E-state index in [-0.39, 0.29) is 0 Å². The molecule has 3 heteroatoms. The predicted molar refractivity (Wildman–Crippen MR) is 60.3 cm³/mol. The van der Waals surface area contributed by atoms with E-state index in [0.717, 1.165) is 6.54 Å². The van der Waals surface area contributed by atoms with Gasteiger partial charge in [-0.2, -0.15) is 0 Å². The van der Waals surface area contributed by atoms with Crippen molar-refractivity contribution in [2.24, 2.45) is 0 Å². The lowest BCUT2D eigenvalue weighted by Crippen LogP contribution is -2.04. The highest BCUT2D eigenvalue weighted by molar-refractivity contribution is 7.13. The van der Waals surface area contributed by atoms with Crippen LogP contribution in [0.5, 0.6) is 0 Å². The maximum Gasteiger partial charge on any atom is 0.0797 e. The van der Waals surface area contributed by atoms with E-state index >= 15 is 0 Å². The summed E-state index contributed by atoms with van der Waals surface area (Å²) in [5.74, 6) is 0. The number of aromatic nitrogens is 1. The summed E-state index contributed by atoms with van der Waals surface area (Å²) in [5, 5.41) is 3.13. The minimum atomic E-state index is 0.920. The number of nitrogens with zero attached hydrogens (tertiary/aromatic N) is 1. The van der Waals surface area contributed by atoms with Crippen LogP contribution in [0.25, 0.3) is 10.4 Å². The van der Waals surface area contributed by atoms with E-state index in [9.17, 15) is 0 Å².